The molecule has 0 aliphatic carbocycles. The smallest absolute Gasteiger partial charge is 0.181 e. The minimum atomic E-state index is -0.311. The van der Waals surface area contributed by atoms with Gasteiger partial charge in [-0.2, -0.15) is 5.10 Å². The molecule has 0 unspecified atom stereocenters. The maximum atomic E-state index is 14.8. The monoisotopic (exact) mass is 615 g/mol. The summed E-state index contributed by atoms with van der Waals surface area (Å²) >= 11 is 0. The molecule has 2 saturated heterocycles. The quantitative estimate of drug-likeness (QED) is 0.176. The molecule has 8 rings (SSSR count). The van der Waals surface area contributed by atoms with Crippen molar-refractivity contribution in [1.82, 2.24) is 34.9 Å². The Morgan fingerprint density at radius 2 is 1.61 bits per heavy atom. The molecule has 0 amide bonds. The van der Waals surface area contributed by atoms with Gasteiger partial charge in [0.2, 0.25) is 0 Å². The van der Waals surface area contributed by atoms with Crippen LogP contribution in [-0.4, -0.2) is 74.3 Å². The summed E-state index contributed by atoms with van der Waals surface area (Å²) in [5.41, 5.74) is 8.31. The van der Waals surface area contributed by atoms with E-state index in [1.54, 1.807) is 6.07 Å². The van der Waals surface area contributed by atoms with E-state index in [1.165, 1.54) is 43.7 Å². The van der Waals surface area contributed by atoms with Crippen LogP contribution in [0, 0.1) is 5.82 Å². The zero-order valence-electron chi connectivity index (χ0n) is 25.9. The lowest BCUT2D eigenvalue weighted by Gasteiger charge is -2.26. The molecule has 2 fully saturated rings. The number of fused-ring (bicyclic) bond motifs is 2. The maximum absolute atomic E-state index is 14.8. The Bertz CT molecular complexity index is 1990. The van der Waals surface area contributed by atoms with Crippen LogP contribution in [0.15, 0.2) is 73.2 Å². The zero-order valence-corrected chi connectivity index (χ0v) is 25.9. The van der Waals surface area contributed by atoms with Gasteiger partial charge in [0, 0.05) is 65.2 Å². The topological polar surface area (TPSA) is 86.0 Å². The van der Waals surface area contributed by atoms with Gasteiger partial charge in [-0.15, -0.1) is 0 Å². The van der Waals surface area contributed by atoms with Crippen LogP contribution in [0.25, 0.3) is 55.6 Å². The van der Waals surface area contributed by atoms with Crippen molar-refractivity contribution < 1.29 is 9.13 Å². The summed E-state index contributed by atoms with van der Waals surface area (Å²) < 4.78 is 20.9. The standard InChI is InChI=1S/C37H38FN7O/c38-29-16-26(17-30(19-29)46-14-13-44-9-4-5-10-44)31-7-6-8-34-32(31)20-35(41-34)36-33-18-28(23-40-37(33)43-42-36)27-15-25(21-39-22-27)24-45-11-2-1-3-12-45/h6-8,15-23,41H,1-5,9-14,24H2,(H,40,42,43). The van der Waals surface area contributed by atoms with Crippen LogP contribution in [0.3, 0.4) is 0 Å². The molecule has 6 heterocycles. The third-order valence-corrected chi connectivity index (χ3v) is 9.38. The molecule has 6 aromatic rings. The first kappa shape index (κ1) is 28.8. The first-order valence-corrected chi connectivity index (χ1v) is 16.5. The Balaban J connectivity index is 1.08. The Morgan fingerprint density at radius 3 is 2.50 bits per heavy atom. The lowest BCUT2D eigenvalue weighted by Crippen LogP contribution is -2.29. The molecule has 0 spiro atoms. The summed E-state index contributed by atoms with van der Waals surface area (Å²) in [4.78, 5) is 17.7. The van der Waals surface area contributed by atoms with Gasteiger partial charge in [-0.1, -0.05) is 18.6 Å². The highest BCUT2D eigenvalue weighted by atomic mass is 19.1. The van der Waals surface area contributed by atoms with Gasteiger partial charge in [0.25, 0.3) is 0 Å². The number of hydrogen-bond donors (Lipinski definition) is 2. The predicted molar refractivity (Wildman–Crippen MR) is 180 cm³/mol. The number of likely N-dealkylation sites (tertiary alicyclic amines) is 2. The molecular formula is C37H38FN7O. The van der Waals surface area contributed by atoms with Gasteiger partial charge < -0.3 is 9.72 Å². The third kappa shape index (κ3) is 6.00. The Kier molecular flexibility index (Phi) is 7.93. The molecule has 2 aliphatic heterocycles. The van der Waals surface area contributed by atoms with E-state index in [-0.39, 0.29) is 5.82 Å². The summed E-state index contributed by atoms with van der Waals surface area (Å²) in [6.07, 6.45) is 12.1. The number of nitrogens with zero attached hydrogens (tertiary/aromatic N) is 5. The molecule has 0 saturated carbocycles. The molecule has 4 aromatic heterocycles. The second-order valence-electron chi connectivity index (χ2n) is 12.6. The van der Waals surface area contributed by atoms with Crippen LogP contribution >= 0.6 is 0 Å². The number of aromatic nitrogens is 5. The number of H-pyrrole nitrogens is 2. The second kappa shape index (κ2) is 12.7. The number of hydrogen-bond acceptors (Lipinski definition) is 6. The van der Waals surface area contributed by atoms with Crippen LogP contribution in [0.5, 0.6) is 5.75 Å². The molecule has 234 valence electrons. The van der Waals surface area contributed by atoms with Gasteiger partial charge in [0.05, 0.1) is 11.4 Å². The summed E-state index contributed by atoms with van der Waals surface area (Å²) in [5, 5.41) is 9.63. The third-order valence-electron chi connectivity index (χ3n) is 9.38. The maximum Gasteiger partial charge on any atom is 0.181 e. The van der Waals surface area contributed by atoms with E-state index in [2.05, 4.69) is 53.1 Å². The molecule has 46 heavy (non-hydrogen) atoms. The molecule has 2 aromatic carbocycles. The molecule has 0 bridgehead atoms. The first-order valence-electron chi connectivity index (χ1n) is 16.5. The van der Waals surface area contributed by atoms with E-state index in [0.717, 1.165) is 89.2 Å². The summed E-state index contributed by atoms with van der Waals surface area (Å²) in [6, 6.07) is 17.5. The van der Waals surface area contributed by atoms with Crippen molar-refractivity contribution in [2.45, 2.75) is 38.6 Å². The van der Waals surface area contributed by atoms with Crippen molar-refractivity contribution in [2.75, 3.05) is 39.3 Å². The lowest BCUT2D eigenvalue weighted by molar-refractivity contribution is 0.220. The Morgan fingerprint density at radius 1 is 0.783 bits per heavy atom. The van der Waals surface area contributed by atoms with Gasteiger partial charge in [-0.25, -0.2) is 9.37 Å². The van der Waals surface area contributed by atoms with E-state index in [9.17, 15) is 4.39 Å². The van der Waals surface area contributed by atoms with Crippen LogP contribution < -0.4 is 4.74 Å². The van der Waals surface area contributed by atoms with Crippen LogP contribution in [-0.2, 0) is 6.54 Å². The second-order valence-corrected chi connectivity index (χ2v) is 12.6. The number of pyridine rings is 2. The van der Waals surface area contributed by atoms with Crippen LogP contribution in [0.1, 0.15) is 37.7 Å². The SMILES string of the molecule is Fc1cc(OCCN2CCCC2)cc(-c2cccc3[nH]c(-c4[nH]nc5ncc(-c6cncc(CN7CCCCC7)c6)cc45)cc23)c1. The summed E-state index contributed by atoms with van der Waals surface area (Å²) in [5.74, 6) is 0.240. The molecule has 2 N–H and O–H groups in total. The van der Waals surface area contributed by atoms with E-state index in [0.29, 0.717) is 18.0 Å². The van der Waals surface area contributed by atoms with Crippen molar-refractivity contribution in [3.05, 3.63) is 84.6 Å². The molecule has 0 atom stereocenters. The number of halogens is 1. The summed E-state index contributed by atoms with van der Waals surface area (Å²) in [6.45, 7) is 6.84. The van der Waals surface area contributed by atoms with E-state index in [4.69, 9.17) is 4.74 Å². The average Bonchev–Trinajstić information content (AvgIpc) is 3.85. The van der Waals surface area contributed by atoms with Crippen molar-refractivity contribution >= 4 is 21.9 Å². The lowest BCUT2D eigenvalue weighted by atomic mass is 10.0. The molecular weight excluding hydrogens is 577 g/mol. The molecule has 0 radical (unpaired) electrons. The van der Waals surface area contributed by atoms with E-state index in [1.807, 2.05) is 42.9 Å². The van der Waals surface area contributed by atoms with Crippen LogP contribution in [0.4, 0.5) is 4.39 Å². The van der Waals surface area contributed by atoms with E-state index < -0.39 is 0 Å². The fraction of sp³-hybridized carbons (Fsp3) is 0.324. The highest BCUT2D eigenvalue weighted by molar-refractivity contribution is 6.01. The molecule has 2 aliphatic rings. The Labute approximate surface area is 267 Å². The van der Waals surface area contributed by atoms with Crippen molar-refractivity contribution in [1.29, 1.82) is 0 Å². The van der Waals surface area contributed by atoms with Crippen molar-refractivity contribution in [3.63, 3.8) is 0 Å². The zero-order chi connectivity index (χ0) is 30.9. The number of piperidine rings is 1. The number of aromatic amines is 2. The first-order chi connectivity index (χ1) is 22.7. The Hall–Kier alpha value is -4.60. The minimum absolute atomic E-state index is 0.311. The molecule has 8 nitrogen and oxygen atoms in total. The van der Waals surface area contributed by atoms with Crippen LogP contribution in [0.2, 0.25) is 0 Å². The largest absolute Gasteiger partial charge is 0.492 e. The van der Waals surface area contributed by atoms with Gasteiger partial charge >= 0.3 is 0 Å². The minimum Gasteiger partial charge on any atom is -0.492 e. The number of ether oxygens (including phenoxy) is 1. The fourth-order valence-corrected chi connectivity index (χ4v) is 7.01. The molecule has 9 heteroatoms. The van der Waals surface area contributed by atoms with Gasteiger partial charge in [-0.05, 0) is 105 Å². The van der Waals surface area contributed by atoms with Crippen molar-refractivity contribution in [2.24, 2.45) is 0 Å². The number of benzene rings is 2. The van der Waals surface area contributed by atoms with E-state index >= 15 is 0 Å². The normalized spacial score (nSPS) is 16.1. The van der Waals surface area contributed by atoms with Gasteiger partial charge in [0.1, 0.15) is 18.2 Å². The highest BCUT2D eigenvalue weighted by Crippen LogP contribution is 2.36. The highest BCUT2D eigenvalue weighted by Gasteiger charge is 2.17. The predicted octanol–water partition coefficient (Wildman–Crippen LogP) is 7.43. The van der Waals surface area contributed by atoms with Crippen molar-refractivity contribution in [3.8, 4) is 39.4 Å². The fourth-order valence-electron chi connectivity index (χ4n) is 7.01. The number of rotatable bonds is 9. The average molecular weight is 616 g/mol. The number of nitrogens with one attached hydrogen (secondary N) is 2. The van der Waals surface area contributed by atoms with Gasteiger partial charge in [-0.3, -0.25) is 19.9 Å². The van der Waals surface area contributed by atoms with Gasteiger partial charge in [0.15, 0.2) is 5.65 Å². The summed E-state index contributed by atoms with van der Waals surface area (Å²) in [7, 11) is 0.